The van der Waals surface area contributed by atoms with Crippen LogP contribution in [0, 0.1) is 6.92 Å². The first kappa shape index (κ1) is 15.2. The standard InChI is InChI=1S/C17H21N3OS/c1-11(2)16-19-12(3)15(22-16)17(21)20-9-5-7-14(20)13-6-4-8-18-10-13/h4,6,8,10-11,14H,5,7,9H2,1-3H3/t14-/m0/s1. The van der Waals surface area contributed by atoms with Crippen molar-refractivity contribution in [1.29, 1.82) is 0 Å². The second kappa shape index (κ2) is 6.16. The molecular formula is C17H21N3OS. The summed E-state index contributed by atoms with van der Waals surface area (Å²) in [4.78, 5) is 24.5. The zero-order chi connectivity index (χ0) is 15.7. The van der Waals surface area contributed by atoms with Crippen molar-refractivity contribution < 1.29 is 4.79 Å². The maximum atomic E-state index is 13.0. The molecule has 1 atom stereocenters. The molecule has 1 aliphatic heterocycles. The zero-order valence-electron chi connectivity index (χ0n) is 13.2. The number of thiazole rings is 1. The highest BCUT2D eigenvalue weighted by Gasteiger charge is 2.32. The fourth-order valence-corrected chi connectivity index (χ4v) is 3.95. The van der Waals surface area contributed by atoms with Gasteiger partial charge in [0.25, 0.3) is 5.91 Å². The van der Waals surface area contributed by atoms with E-state index in [0.29, 0.717) is 5.92 Å². The molecule has 1 saturated heterocycles. The van der Waals surface area contributed by atoms with E-state index < -0.39 is 0 Å². The molecule has 1 fully saturated rings. The number of hydrogen-bond donors (Lipinski definition) is 0. The lowest BCUT2D eigenvalue weighted by molar-refractivity contribution is 0.0739. The van der Waals surface area contributed by atoms with Crippen molar-refractivity contribution in [3.8, 4) is 0 Å². The molecule has 116 valence electrons. The highest BCUT2D eigenvalue weighted by molar-refractivity contribution is 7.13. The minimum atomic E-state index is 0.119. The maximum Gasteiger partial charge on any atom is 0.266 e. The van der Waals surface area contributed by atoms with Crippen molar-refractivity contribution >= 4 is 17.2 Å². The summed E-state index contributed by atoms with van der Waals surface area (Å²) in [5.74, 6) is 0.478. The molecule has 1 amide bonds. The minimum absolute atomic E-state index is 0.119. The van der Waals surface area contributed by atoms with Gasteiger partial charge in [-0.25, -0.2) is 4.98 Å². The Morgan fingerprint density at radius 3 is 2.91 bits per heavy atom. The Balaban J connectivity index is 1.88. The molecule has 1 aliphatic rings. The van der Waals surface area contributed by atoms with Gasteiger partial charge in [0.05, 0.1) is 16.7 Å². The molecule has 0 unspecified atom stereocenters. The van der Waals surface area contributed by atoms with Gasteiger partial charge in [-0.15, -0.1) is 11.3 Å². The van der Waals surface area contributed by atoms with Gasteiger partial charge >= 0.3 is 0 Å². The van der Waals surface area contributed by atoms with Crippen LogP contribution in [0.1, 0.15) is 64.6 Å². The number of aromatic nitrogens is 2. The molecule has 3 rings (SSSR count). The monoisotopic (exact) mass is 315 g/mol. The summed E-state index contributed by atoms with van der Waals surface area (Å²) < 4.78 is 0. The first-order chi connectivity index (χ1) is 10.6. The van der Waals surface area contributed by atoms with E-state index in [2.05, 4.69) is 29.9 Å². The van der Waals surface area contributed by atoms with E-state index in [4.69, 9.17) is 0 Å². The molecule has 0 aromatic carbocycles. The third kappa shape index (κ3) is 2.77. The van der Waals surface area contributed by atoms with Crippen molar-refractivity contribution in [2.24, 2.45) is 0 Å². The van der Waals surface area contributed by atoms with Gasteiger partial charge in [-0.1, -0.05) is 19.9 Å². The molecule has 0 bridgehead atoms. The molecule has 0 saturated carbocycles. The zero-order valence-corrected chi connectivity index (χ0v) is 14.1. The van der Waals surface area contributed by atoms with Gasteiger partial charge in [0.1, 0.15) is 4.88 Å². The topological polar surface area (TPSA) is 46.1 Å². The van der Waals surface area contributed by atoms with Crippen molar-refractivity contribution in [3.63, 3.8) is 0 Å². The lowest BCUT2D eigenvalue weighted by atomic mass is 10.1. The van der Waals surface area contributed by atoms with Gasteiger partial charge in [0, 0.05) is 24.9 Å². The molecule has 22 heavy (non-hydrogen) atoms. The number of likely N-dealkylation sites (tertiary alicyclic amines) is 1. The van der Waals surface area contributed by atoms with Crippen LogP contribution in [0.2, 0.25) is 0 Å². The van der Waals surface area contributed by atoms with E-state index in [1.165, 1.54) is 0 Å². The maximum absolute atomic E-state index is 13.0. The Kier molecular flexibility index (Phi) is 4.25. The fourth-order valence-electron chi connectivity index (χ4n) is 2.92. The molecule has 2 aromatic heterocycles. The predicted molar refractivity (Wildman–Crippen MR) is 88.2 cm³/mol. The van der Waals surface area contributed by atoms with Crippen LogP contribution in [0.3, 0.4) is 0 Å². The predicted octanol–water partition coefficient (Wildman–Crippen LogP) is 3.95. The molecule has 0 radical (unpaired) electrons. The van der Waals surface area contributed by atoms with Gasteiger partial charge < -0.3 is 4.90 Å². The second-order valence-electron chi connectivity index (χ2n) is 6.06. The van der Waals surface area contributed by atoms with Crippen molar-refractivity contribution in [2.75, 3.05) is 6.54 Å². The number of carbonyl (C=O) groups is 1. The van der Waals surface area contributed by atoms with Gasteiger partial charge in [0.15, 0.2) is 0 Å². The first-order valence-electron chi connectivity index (χ1n) is 7.76. The quantitative estimate of drug-likeness (QED) is 0.861. The Bertz CT molecular complexity index is 666. The molecule has 0 N–H and O–H groups in total. The lowest BCUT2D eigenvalue weighted by Gasteiger charge is -2.24. The van der Waals surface area contributed by atoms with Crippen LogP contribution in [-0.2, 0) is 0 Å². The van der Waals surface area contributed by atoms with Crippen molar-refractivity contribution in [1.82, 2.24) is 14.9 Å². The summed E-state index contributed by atoms with van der Waals surface area (Å²) in [5.41, 5.74) is 1.98. The molecule has 2 aromatic rings. The average molecular weight is 315 g/mol. The van der Waals surface area contributed by atoms with Crippen LogP contribution < -0.4 is 0 Å². The number of nitrogens with zero attached hydrogens (tertiary/aromatic N) is 3. The summed E-state index contributed by atoms with van der Waals surface area (Å²) in [7, 11) is 0. The van der Waals surface area contributed by atoms with Gasteiger partial charge in [-0.3, -0.25) is 9.78 Å². The third-order valence-electron chi connectivity index (χ3n) is 4.08. The van der Waals surface area contributed by atoms with Gasteiger partial charge in [-0.2, -0.15) is 0 Å². The highest BCUT2D eigenvalue weighted by Crippen LogP contribution is 2.35. The third-order valence-corrected chi connectivity index (χ3v) is 5.53. The Hall–Kier alpha value is -1.75. The lowest BCUT2D eigenvalue weighted by Crippen LogP contribution is -2.30. The summed E-state index contributed by atoms with van der Waals surface area (Å²) >= 11 is 1.54. The van der Waals surface area contributed by atoms with Gasteiger partial charge in [-0.05, 0) is 31.4 Å². The van der Waals surface area contributed by atoms with Crippen LogP contribution in [0.5, 0.6) is 0 Å². The van der Waals surface area contributed by atoms with E-state index in [1.807, 2.05) is 24.1 Å². The Morgan fingerprint density at radius 1 is 1.45 bits per heavy atom. The normalized spacial score (nSPS) is 18.2. The van der Waals surface area contributed by atoms with Gasteiger partial charge in [0.2, 0.25) is 0 Å². The summed E-state index contributed by atoms with van der Waals surface area (Å²) in [6.07, 6.45) is 5.69. The van der Waals surface area contributed by atoms with Crippen LogP contribution in [0.15, 0.2) is 24.5 Å². The van der Waals surface area contributed by atoms with E-state index in [0.717, 1.165) is 40.5 Å². The van der Waals surface area contributed by atoms with Crippen LogP contribution in [0.4, 0.5) is 0 Å². The van der Waals surface area contributed by atoms with Crippen molar-refractivity contribution in [2.45, 2.75) is 45.6 Å². The minimum Gasteiger partial charge on any atom is -0.331 e. The van der Waals surface area contributed by atoms with E-state index >= 15 is 0 Å². The van der Waals surface area contributed by atoms with Crippen LogP contribution in [-0.4, -0.2) is 27.3 Å². The number of rotatable bonds is 3. The summed E-state index contributed by atoms with van der Waals surface area (Å²) in [6, 6.07) is 4.14. The van der Waals surface area contributed by atoms with Crippen LogP contribution >= 0.6 is 11.3 Å². The summed E-state index contributed by atoms with van der Waals surface area (Å²) in [6.45, 7) is 6.97. The molecular weight excluding hydrogens is 294 g/mol. The summed E-state index contributed by atoms with van der Waals surface area (Å²) in [5, 5.41) is 1.04. The number of pyridine rings is 1. The number of amides is 1. The number of hydrogen-bond acceptors (Lipinski definition) is 4. The van der Waals surface area contributed by atoms with Crippen molar-refractivity contribution in [3.05, 3.63) is 45.7 Å². The average Bonchev–Trinajstić information content (AvgIpc) is 3.14. The van der Waals surface area contributed by atoms with E-state index in [-0.39, 0.29) is 11.9 Å². The Labute approximate surface area is 135 Å². The molecule has 3 heterocycles. The molecule has 0 spiro atoms. The SMILES string of the molecule is Cc1nc(C(C)C)sc1C(=O)N1CCC[C@H]1c1cccnc1. The number of aryl methyl sites for hydroxylation is 1. The Morgan fingerprint density at radius 2 is 2.27 bits per heavy atom. The molecule has 4 nitrogen and oxygen atoms in total. The smallest absolute Gasteiger partial charge is 0.266 e. The van der Waals surface area contributed by atoms with Crippen LogP contribution in [0.25, 0.3) is 0 Å². The van der Waals surface area contributed by atoms with E-state index in [1.54, 1.807) is 17.5 Å². The van der Waals surface area contributed by atoms with E-state index in [9.17, 15) is 4.79 Å². The first-order valence-corrected chi connectivity index (χ1v) is 8.57. The molecule has 5 heteroatoms. The largest absolute Gasteiger partial charge is 0.331 e. The fraction of sp³-hybridized carbons (Fsp3) is 0.471. The highest BCUT2D eigenvalue weighted by atomic mass is 32.1. The second-order valence-corrected chi connectivity index (χ2v) is 7.09. The molecule has 0 aliphatic carbocycles. The number of carbonyl (C=O) groups excluding carboxylic acids is 1.